The molecule has 0 spiro atoms. The molecule has 0 aliphatic heterocycles. The van der Waals surface area contributed by atoms with Crippen LogP contribution in [0.5, 0.6) is 0 Å². The molecule has 0 aliphatic carbocycles. The van der Waals surface area contributed by atoms with Crippen LogP contribution < -0.4 is 11.6 Å². The van der Waals surface area contributed by atoms with Gasteiger partial charge in [-0.1, -0.05) is 0 Å². The summed E-state index contributed by atoms with van der Waals surface area (Å²) in [6, 6.07) is 0. The summed E-state index contributed by atoms with van der Waals surface area (Å²) in [5, 5.41) is 0. The molecule has 0 rings (SSSR count). The molecule has 0 aromatic heterocycles. The number of carbonyl (C=O) groups is 1. The lowest BCUT2D eigenvalue weighted by Crippen LogP contribution is -2.15. The van der Waals surface area contributed by atoms with Gasteiger partial charge in [0.15, 0.2) is 0 Å². The highest BCUT2D eigenvalue weighted by atomic mass is 16.6. The van der Waals surface area contributed by atoms with Crippen LogP contribution in [0, 0.1) is 0 Å². The molecule has 0 fully saturated rings. The van der Waals surface area contributed by atoms with Crippen molar-refractivity contribution >= 4 is 6.09 Å². The molecule has 0 heterocycles. The second kappa shape index (κ2) is 5.33. The Balaban J connectivity index is 2.83. The monoisotopic (exact) mass is 134 g/mol. The summed E-state index contributed by atoms with van der Waals surface area (Å²) in [5.74, 6) is 4.67. The molecule has 54 valence electrons. The molecular formula is C4H10N2O3. The minimum absolute atomic E-state index is 0.256. The van der Waals surface area contributed by atoms with Gasteiger partial charge < -0.3 is 15.3 Å². The van der Waals surface area contributed by atoms with Crippen LogP contribution in [0.1, 0.15) is 6.42 Å². The van der Waals surface area contributed by atoms with Crippen molar-refractivity contribution in [2.24, 2.45) is 11.6 Å². The predicted octanol–water partition coefficient (Wildman–Crippen LogP) is -0.638. The topological polar surface area (TPSA) is 87.6 Å². The van der Waals surface area contributed by atoms with Crippen LogP contribution in [-0.4, -0.2) is 19.3 Å². The number of ether oxygens (including phenoxy) is 1. The number of amides is 1. The normalized spacial score (nSPS) is 9.00. The van der Waals surface area contributed by atoms with Gasteiger partial charge in [0.25, 0.3) is 0 Å². The predicted molar refractivity (Wildman–Crippen MR) is 30.3 cm³/mol. The Hall–Kier alpha value is -0.810. The lowest BCUT2D eigenvalue weighted by molar-refractivity contribution is 0.105. The molecule has 4 N–H and O–H groups in total. The number of primary amides is 1. The van der Waals surface area contributed by atoms with Crippen LogP contribution in [0.4, 0.5) is 4.79 Å². The van der Waals surface area contributed by atoms with Gasteiger partial charge in [-0.2, -0.15) is 0 Å². The second-order valence-corrected chi connectivity index (χ2v) is 1.39. The standard InChI is InChI=1S/C4H10N2O3/c5-4(7)8-2-1-3-9-6/h1-3,6H2,(H2,5,7). The van der Waals surface area contributed by atoms with Crippen LogP contribution in [-0.2, 0) is 9.57 Å². The number of hydrogen-bond donors (Lipinski definition) is 2. The highest BCUT2D eigenvalue weighted by Gasteiger charge is 1.91. The van der Waals surface area contributed by atoms with E-state index >= 15 is 0 Å². The fraction of sp³-hybridized carbons (Fsp3) is 0.750. The van der Waals surface area contributed by atoms with E-state index in [1.807, 2.05) is 0 Å². The molecule has 1 amide bonds. The largest absolute Gasteiger partial charge is 0.450 e. The zero-order valence-corrected chi connectivity index (χ0v) is 5.00. The number of rotatable bonds is 4. The van der Waals surface area contributed by atoms with Gasteiger partial charge in [-0.05, 0) is 0 Å². The van der Waals surface area contributed by atoms with E-state index < -0.39 is 6.09 Å². The lowest BCUT2D eigenvalue weighted by atomic mass is 10.5. The summed E-state index contributed by atoms with van der Waals surface area (Å²) in [4.78, 5) is 14.1. The smallest absolute Gasteiger partial charge is 0.404 e. The van der Waals surface area contributed by atoms with Gasteiger partial charge in [-0.15, -0.1) is 0 Å². The molecule has 5 heteroatoms. The van der Waals surface area contributed by atoms with E-state index in [0.717, 1.165) is 0 Å². The molecule has 5 nitrogen and oxygen atoms in total. The zero-order chi connectivity index (χ0) is 7.11. The average molecular weight is 134 g/mol. The van der Waals surface area contributed by atoms with Crippen molar-refractivity contribution in [3.8, 4) is 0 Å². The minimum atomic E-state index is -0.771. The summed E-state index contributed by atoms with van der Waals surface area (Å²) >= 11 is 0. The number of carbonyl (C=O) groups excluding carboxylic acids is 1. The third kappa shape index (κ3) is 7.19. The summed E-state index contributed by atoms with van der Waals surface area (Å²) in [6.45, 7) is 0.625. The Morgan fingerprint density at radius 3 is 2.56 bits per heavy atom. The quantitative estimate of drug-likeness (QED) is 0.395. The first-order valence-electron chi connectivity index (χ1n) is 2.51. The molecule has 0 aliphatic rings. The van der Waals surface area contributed by atoms with Crippen LogP contribution in [0.15, 0.2) is 0 Å². The van der Waals surface area contributed by atoms with E-state index in [9.17, 15) is 4.79 Å². The SMILES string of the molecule is NOCCCOC(N)=O. The van der Waals surface area contributed by atoms with Gasteiger partial charge >= 0.3 is 6.09 Å². The summed E-state index contributed by atoms with van der Waals surface area (Å²) in [7, 11) is 0. The van der Waals surface area contributed by atoms with Gasteiger partial charge in [-0.25, -0.2) is 10.7 Å². The molecule has 9 heavy (non-hydrogen) atoms. The van der Waals surface area contributed by atoms with Gasteiger partial charge in [0.05, 0.1) is 13.2 Å². The van der Waals surface area contributed by atoms with Crippen molar-refractivity contribution in [3.63, 3.8) is 0 Å². The fourth-order valence-electron chi connectivity index (χ4n) is 0.315. The van der Waals surface area contributed by atoms with Crippen molar-refractivity contribution in [1.82, 2.24) is 0 Å². The van der Waals surface area contributed by atoms with Gasteiger partial charge in [0.1, 0.15) is 0 Å². The van der Waals surface area contributed by atoms with Crippen molar-refractivity contribution < 1.29 is 14.4 Å². The lowest BCUT2D eigenvalue weighted by Gasteiger charge is -1.98. The van der Waals surface area contributed by atoms with Crippen LogP contribution in [0.3, 0.4) is 0 Å². The van der Waals surface area contributed by atoms with Gasteiger partial charge in [0.2, 0.25) is 0 Å². The van der Waals surface area contributed by atoms with E-state index in [-0.39, 0.29) is 6.61 Å². The van der Waals surface area contributed by atoms with Crippen LogP contribution >= 0.6 is 0 Å². The molecular weight excluding hydrogens is 124 g/mol. The Morgan fingerprint density at radius 2 is 2.11 bits per heavy atom. The summed E-state index contributed by atoms with van der Waals surface area (Å²) in [5.41, 5.74) is 4.64. The molecule has 0 saturated heterocycles. The Labute approximate surface area is 52.9 Å². The average Bonchev–Trinajstić information content (AvgIpc) is 1.80. The van der Waals surface area contributed by atoms with E-state index in [2.05, 4.69) is 21.2 Å². The van der Waals surface area contributed by atoms with Crippen LogP contribution in [0.25, 0.3) is 0 Å². The Morgan fingerprint density at radius 1 is 1.44 bits per heavy atom. The highest BCUT2D eigenvalue weighted by molar-refractivity contribution is 5.64. The van der Waals surface area contributed by atoms with Gasteiger partial charge in [-0.3, -0.25) is 0 Å². The van der Waals surface area contributed by atoms with Crippen molar-refractivity contribution in [2.45, 2.75) is 6.42 Å². The molecule has 0 aromatic carbocycles. The van der Waals surface area contributed by atoms with E-state index in [4.69, 9.17) is 0 Å². The molecule has 0 radical (unpaired) electrons. The highest BCUT2D eigenvalue weighted by Crippen LogP contribution is 1.80. The van der Waals surface area contributed by atoms with Crippen molar-refractivity contribution in [1.29, 1.82) is 0 Å². The van der Waals surface area contributed by atoms with E-state index in [1.54, 1.807) is 0 Å². The Bertz CT molecular complexity index is 85.9. The van der Waals surface area contributed by atoms with Crippen LogP contribution in [0.2, 0.25) is 0 Å². The molecule has 0 unspecified atom stereocenters. The first-order valence-corrected chi connectivity index (χ1v) is 2.51. The van der Waals surface area contributed by atoms with E-state index in [0.29, 0.717) is 13.0 Å². The summed E-state index contributed by atoms with van der Waals surface area (Å²) < 4.78 is 4.35. The second-order valence-electron chi connectivity index (χ2n) is 1.39. The minimum Gasteiger partial charge on any atom is -0.450 e. The number of hydrogen-bond acceptors (Lipinski definition) is 4. The third-order valence-electron chi connectivity index (χ3n) is 0.651. The maximum atomic E-state index is 9.89. The Kier molecular flexibility index (Phi) is 4.85. The molecule has 0 aromatic rings. The van der Waals surface area contributed by atoms with Crippen molar-refractivity contribution in [2.75, 3.05) is 13.2 Å². The molecule has 0 bridgehead atoms. The maximum Gasteiger partial charge on any atom is 0.404 e. The summed E-state index contributed by atoms with van der Waals surface area (Å²) in [6.07, 6.45) is -0.202. The first kappa shape index (κ1) is 8.19. The van der Waals surface area contributed by atoms with Crippen molar-refractivity contribution in [3.05, 3.63) is 0 Å². The first-order chi connectivity index (χ1) is 4.27. The molecule has 0 saturated carbocycles. The maximum absolute atomic E-state index is 9.89. The zero-order valence-electron chi connectivity index (χ0n) is 5.00. The van der Waals surface area contributed by atoms with E-state index in [1.165, 1.54) is 0 Å². The third-order valence-corrected chi connectivity index (χ3v) is 0.651. The number of nitrogens with two attached hydrogens (primary N) is 2. The fourth-order valence-corrected chi connectivity index (χ4v) is 0.315. The van der Waals surface area contributed by atoms with Gasteiger partial charge in [0, 0.05) is 6.42 Å². The molecule has 0 atom stereocenters.